The highest BCUT2D eigenvalue weighted by molar-refractivity contribution is 7.90. The largest absolute Gasteiger partial charge is 0.357 e. The van der Waals surface area contributed by atoms with Gasteiger partial charge >= 0.3 is 0 Å². The molecular formula is C22H31N3O2S. The molecule has 0 fully saturated rings. The molecule has 2 rings (SSSR count). The number of aryl methyl sites for hydroxylation is 1. The normalized spacial score (nSPS) is 12.0. The van der Waals surface area contributed by atoms with Gasteiger partial charge in [-0.3, -0.25) is 0 Å². The maximum atomic E-state index is 12.3. The highest BCUT2D eigenvalue weighted by atomic mass is 32.2. The zero-order valence-corrected chi connectivity index (χ0v) is 17.6. The molecule has 0 heterocycles. The van der Waals surface area contributed by atoms with Crippen LogP contribution >= 0.6 is 0 Å². The molecule has 0 aliphatic rings. The number of guanidine groups is 1. The second-order valence-corrected chi connectivity index (χ2v) is 8.86. The van der Waals surface area contributed by atoms with E-state index in [1.165, 1.54) is 11.1 Å². The molecule has 0 saturated heterocycles. The fourth-order valence-electron chi connectivity index (χ4n) is 2.96. The summed E-state index contributed by atoms with van der Waals surface area (Å²) in [5.41, 5.74) is 3.35. The van der Waals surface area contributed by atoms with E-state index in [1.54, 1.807) is 0 Å². The maximum Gasteiger partial charge on any atom is 0.191 e. The second kappa shape index (κ2) is 11.5. The van der Waals surface area contributed by atoms with Crippen molar-refractivity contribution in [2.45, 2.75) is 39.0 Å². The lowest BCUT2D eigenvalue weighted by atomic mass is 10.1. The van der Waals surface area contributed by atoms with Gasteiger partial charge in [0.25, 0.3) is 0 Å². The van der Waals surface area contributed by atoms with Gasteiger partial charge in [0.1, 0.15) is 0 Å². The third-order valence-corrected chi connectivity index (χ3v) is 6.09. The van der Waals surface area contributed by atoms with E-state index < -0.39 is 9.84 Å². The van der Waals surface area contributed by atoms with Crippen LogP contribution in [0.25, 0.3) is 0 Å². The lowest BCUT2D eigenvalue weighted by Gasteiger charge is -2.12. The summed E-state index contributed by atoms with van der Waals surface area (Å²) < 4.78 is 24.6. The predicted molar refractivity (Wildman–Crippen MR) is 117 cm³/mol. The Hall–Kier alpha value is -2.34. The minimum atomic E-state index is -3.11. The van der Waals surface area contributed by atoms with Gasteiger partial charge in [-0.15, -0.1) is 0 Å². The molecule has 0 atom stereocenters. The minimum absolute atomic E-state index is 0.0931. The molecular weight excluding hydrogens is 370 g/mol. The van der Waals surface area contributed by atoms with Crippen molar-refractivity contribution >= 4 is 15.8 Å². The lowest BCUT2D eigenvalue weighted by Crippen LogP contribution is -2.38. The van der Waals surface area contributed by atoms with Crippen molar-refractivity contribution in [3.63, 3.8) is 0 Å². The van der Waals surface area contributed by atoms with Gasteiger partial charge in [-0.05, 0) is 36.5 Å². The molecule has 28 heavy (non-hydrogen) atoms. The summed E-state index contributed by atoms with van der Waals surface area (Å²) in [6.45, 7) is 6.08. The average molecular weight is 402 g/mol. The third-order valence-electron chi connectivity index (χ3n) is 4.40. The highest BCUT2D eigenvalue weighted by Crippen LogP contribution is 2.10. The van der Waals surface area contributed by atoms with Crippen molar-refractivity contribution < 1.29 is 8.42 Å². The second-order valence-electron chi connectivity index (χ2n) is 6.68. The molecule has 0 aromatic heterocycles. The van der Waals surface area contributed by atoms with Crippen molar-refractivity contribution in [3.8, 4) is 0 Å². The Kier molecular flexibility index (Phi) is 9.01. The summed E-state index contributed by atoms with van der Waals surface area (Å²) in [5.74, 6) is 0.969. The highest BCUT2D eigenvalue weighted by Gasteiger charge is 2.11. The molecule has 0 bridgehead atoms. The number of rotatable bonds is 10. The van der Waals surface area contributed by atoms with E-state index in [1.807, 2.05) is 49.4 Å². The lowest BCUT2D eigenvalue weighted by molar-refractivity contribution is 0.591. The van der Waals surface area contributed by atoms with Crippen LogP contribution < -0.4 is 10.6 Å². The van der Waals surface area contributed by atoms with Crippen LogP contribution in [-0.4, -0.2) is 33.2 Å². The molecule has 0 amide bonds. The molecule has 0 saturated carbocycles. The van der Waals surface area contributed by atoms with E-state index in [-0.39, 0.29) is 11.5 Å². The first-order valence-corrected chi connectivity index (χ1v) is 11.7. The van der Waals surface area contributed by atoms with Gasteiger partial charge in [-0.1, -0.05) is 61.5 Å². The molecule has 0 unspecified atom stereocenters. The van der Waals surface area contributed by atoms with Crippen LogP contribution in [0.5, 0.6) is 0 Å². The number of nitrogens with zero attached hydrogens (tertiary/aromatic N) is 1. The van der Waals surface area contributed by atoms with Crippen LogP contribution in [0.2, 0.25) is 0 Å². The van der Waals surface area contributed by atoms with E-state index in [4.69, 9.17) is 0 Å². The molecule has 0 spiro atoms. The van der Waals surface area contributed by atoms with Crippen LogP contribution in [0.15, 0.2) is 59.6 Å². The van der Waals surface area contributed by atoms with Crippen molar-refractivity contribution in [1.82, 2.24) is 10.6 Å². The van der Waals surface area contributed by atoms with Crippen LogP contribution in [0.3, 0.4) is 0 Å². The molecule has 6 heteroatoms. The standard InChI is InChI=1S/C22H31N3O2S/c1-3-20-13-8-9-14-21(20)17-25-22(23-4-2)24-15-10-16-28(26,27)18-19-11-6-5-7-12-19/h5-9,11-14H,3-4,10,15-18H2,1-2H3,(H2,23,24,25). The Morgan fingerprint density at radius 1 is 0.929 bits per heavy atom. The summed E-state index contributed by atoms with van der Waals surface area (Å²) in [6, 6.07) is 17.6. The van der Waals surface area contributed by atoms with Crippen LogP contribution in [0, 0.1) is 0 Å². The van der Waals surface area contributed by atoms with E-state index in [0.717, 1.165) is 18.5 Å². The average Bonchev–Trinajstić information content (AvgIpc) is 2.70. The quantitative estimate of drug-likeness (QED) is 0.364. The van der Waals surface area contributed by atoms with Crippen LogP contribution in [-0.2, 0) is 28.6 Å². The van der Waals surface area contributed by atoms with Crippen LogP contribution in [0.4, 0.5) is 0 Å². The van der Waals surface area contributed by atoms with E-state index in [2.05, 4.69) is 34.7 Å². The van der Waals surface area contributed by atoms with Gasteiger partial charge in [0.05, 0.1) is 18.1 Å². The Labute approximate surface area is 169 Å². The smallest absolute Gasteiger partial charge is 0.191 e. The first-order chi connectivity index (χ1) is 13.5. The monoisotopic (exact) mass is 401 g/mol. The summed E-state index contributed by atoms with van der Waals surface area (Å²) in [6.07, 6.45) is 1.53. The zero-order valence-electron chi connectivity index (χ0n) is 16.8. The fraction of sp³-hybridized carbons (Fsp3) is 0.409. The third kappa shape index (κ3) is 7.72. The summed E-state index contributed by atoms with van der Waals surface area (Å²) in [7, 11) is -3.11. The molecule has 0 radical (unpaired) electrons. The minimum Gasteiger partial charge on any atom is -0.357 e. The van der Waals surface area contributed by atoms with Crippen molar-refractivity contribution in [2.75, 3.05) is 18.8 Å². The van der Waals surface area contributed by atoms with Gasteiger partial charge in [-0.25, -0.2) is 13.4 Å². The van der Waals surface area contributed by atoms with Gasteiger partial charge in [0.15, 0.2) is 15.8 Å². The van der Waals surface area contributed by atoms with Crippen molar-refractivity contribution in [1.29, 1.82) is 0 Å². The number of hydrogen-bond acceptors (Lipinski definition) is 3. The molecule has 5 nitrogen and oxygen atoms in total. The molecule has 0 aliphatic heterocycles. The zero-order chi connectivity index (χ0) is 20.2. The van der Waals surface area contributed by atoms with E-state index in [0.29, 0.717) is 25.5 Å². The number of benzene rings is 2. The molecule has 2 aromatic carbocycles. The summed E-state index contributed by atoms with van der Waals surface area (Å²) in [5, 5.41) is 6.46. The number of aliphatic imine (C=N–C) groups is 1. The Morgan fingerprint density at radius 3 is 2.29 bits per heavy atom. The Balaban J connectivity index is 1.84. The number of sulfone groups is 1. The van der Waals surface area contributed by atoms with Gasteiger partial charge in [0, 0.05) is 13.1 Å². The summed E-state index contributed by atoms with van der Waals surface area (Å²) >= 11 is 0. The van der Waals surface area contributed by atoms with Gasteiger partial charge in [0.2, 0.25) is 0 Å². The first kappa shape index (κ1) is 22.0. The Morgan fingerprint density at radius 2 is 1.61 bits per heavy atom. The molecule has 2 aromatic rings. The van der Waals surface area contributed by atoms with E-state index in [9.17, 15) is 8.42 Å². The van der Waals surface area contributed by atoms with Crippen LogP contribution in [0.1, 0.15) is 37.0 Å². The van der Waals surface area contributed by atoms with Gasteiger partial charge < -0.3 is 10.6 Å². The SMILES string of the molecule is CCNC(=NCc1ccccc1CC)NCCCS(=O)(=O)Cc1ccccc1. The topological polar surface area (TPSA) is 70.6 Å². The van der Waals surface area contributed by atoms with Gasteiger partial charge in [-0.2, -0.15) is 0 Å². The maximum absolute atomic E-state index is 12.3. The Bertz CT molecular complexity index is 849. The number of nitrogens with one attached hydrogen (secondary N) is 2. The first-order valence-electron chi connectivity index (χ1n) is 9.87. The number of hydrogen-bond donors (Lipinski definition) is 2. The molecule has 152 valence electrons. The predicted octanol–water partition coefficient (Wildman–Crippen LogP) is 3.31. The fourth-order valence-corrected chi connectivity index (χ4v) is 4.39. The molecule has 0 aliphatic carbocycles. The summed E-state index contributed by atoms with van der Waals surface area (Å²) in [4.78, 5) is 4.64. The molecule has 2 N–H and O–H groups in total. The van der Waals surface area contributed by atoms with Crippen molar-refractivity contribution in [2.24, 2.45) is 4.99 Å². The van der Waals surface area contributed by atoms with Crippen molar-refractivity contribution in [3.05, 3.63) is 71.3 Å². The van der Waals surface area contributed by atoms with E-state index >= 15 is 0 Å².